The Bertz CT molecular complexity index is 1020. The summed E-state index contributed by atoms with van der Waals surface area (Å²) in [4.78, 5) is 27.3. The number of nitrogens with zero attached hydrogens (tertiary/aromatic N) is 4. The molecule has 3 aromatic heterocycles. The number of rotatable bonds is 3. The Labute approximate surface area is 136 Å². The number of fused-ring (bicyclic) bond motifs is 1. The van der Waals surface area contributed by atoms with Gasteiger partial charge in [0.25, 0.3) is 5.91 Å². The molecule has 24 heavy (non-hydrogen) atoms. The standard InChI is InChI=1S/C16H12N6O2/c1-9-2-4-10(5-3-9)12-6-11(22-24-12)16(23)21-15-13-14(18-7-17-13)19-8-20-15/h2-8H,1H3,(H2,17,18,19,20,21,23). The third-order valence-electron chi connectivity index (χ3n) is 3.53. The molecule has 0 aliphatic heterocycles. The van der Waals surface area contributed by atoms with Crippen molar-refractivity contribution < 1.29 is 9.32 Å². The number of aromatic nitrogens is 5. The van der Waals surface area contributed by atoms with Crippen molar-refractivity contribution in [3.8, 4) is 11.3 Å². The summed E-state index contributed by atoms with van der Waals surface area (Å²) in [6, 6.07) is 9.35. The average Bonchev–Trinajstić information content (AvgIpc) is 3.25. The van der Waals surface area contributed by atoms with Gasteiger partial charge < -0.3 is 14.8 Å². The summed E-state index contributed by atoms with van der Waals surface area (Å²) in [5.74, 6) is 0.434. The van der Waals surface area contributed by atoms with E-state index >= 15 is 0 Å². The van der Waals surface area contributed by atoms with Gasteiger partial charge in [0.15, 0.2) is 22.9 Å². The van der Waals surface area contributed by atoms with E-state index in [1.807, 2.05) is 31.2 Å². The summed E-state index contributed by atoms with van der Waals surface area (Å²) >= 11 is 0. The Morgan fingerprint density at radius 3 is 2.83 bits per heavy atom. The van der Waals surface area contributed by atoms with Gasteiger partial charge >= 0.3 is 0 Å². The van der Waals surface area contributed by atoms with E-state index in [2.05, 4.69) is 30.4 Å². The van der Waals surface area contributed by atoms with E-state index in [1.165, 1.54) is 12.7 Å². The van der Waals surface area contributed by atoms with Crippen molar-refractivity contribution in [1.29, 1.82) is 0 Å². The minimum absolute atomic E-state index is 0.164. The molecule has 4 aromatic rings. The van der Waals surface area contributed by atoms with Gasteiger partial charge in [-0.25, -0.2) is 15.0 Å². The normalized spacial score (nSPS) is 10.9. The van der Waals surface area contributed by atoms with E-state index in [9.17, 15) is 4.79 Å². The quantitative estimate of drug-likeness (QED) is 0.600. The van der Waals surface area contributed by atoms with Crippen LogP contribution in [0.2, 0.25) is 0 Å². The third-order valence-corrected chi connectivity index (χ3v) is 3.53. The zero-order valence-corrected chi connectivity index (χ0v) is 12.6. The molecule has 3 heterocycles. The van der Waals surface area contributed by atoms with E-state index in [1.54, 1.807) is 6.07 Å². The Morgan fingerprint density at radius 1 is 1.17 bits per heavy atom. The number of aromatic amines is 1. The number of nitrogens with one attached hydrogen (secondary N) is 2. The van der Waals surface area contributed by atoms with Crippen molar-refractivity contribution >= 4 is 22.9 Å². The van der Waals surface area contributed by atoms with Crippen LogP contribution < -0.4 is 5.32 Å². The molecule has 0 spiro atoms. The van der Waals surface area contributed by atoms with Gasteiger partial charge in [-0.3, -0.25) is 4.79 Å². The molecule has 0 aliphatic carbocycles. The number of carbonyl (C=O) groups excluding carboxylic acids is 1. The molecule has 0 radical (unpaired) electrons. The van der Waals surface area contributed by atoms with Gasteiger partial charge in [0.2, 0.25) is 0 Å². The van der Waals surface area contributed by atoms with Gasteiger partial charge in [0.1, 0.15) is 11.8 Å². The maximum Gasteiger partial charge on any atom is 0.279 e. The van der Waals surface area contributed by atoms with Crippen LogP contribution in [0.15, 0.2) is 47.5 Å². The molecule has 1 amide bonds. The lowest BCUT2D eigenvalue weighted by atomic mass is 10.1. The Morgan fingerprint density at radius 2 is 2.00 bits per heavy atom. The number of H-pyrrole nitrogens is 1. The molecule has 0 atom stereocenters. The molecule has 1 aromatic carbocycles. The van der Waals surface area contributed by atoms with E-state index in [0.29, 0.717) is 22.7 Å². The van der Waals surface area contributed by atoms with Crippen LogP contribution in [0.1, 0.15) is 16.1 Å². The van der Waals surface area contributed by atoms with Crippen LogP contribution in [0, 0.1) is 6.92 Å². The topological polar surface area (TPSA) is 110 Å². The van der Waals surface area contributed by atoms with Crippen LogP contribution in [0.5, 0.6) is 0 Å². The predicted molar refractivity (Wildman–Crippen MR) is 86.3 cm³/mol. The number of hydrogen-bond donors (Lipinski definition) is 2. The summed E-state index contributed by atoms with van der Waals surface area (Å²) in [7, 11) is 0. The fraction of sp³-hybridized carbons (Fsp3) is 0.0625. The summed E-state index contributed by atoms with van der Waals surface area (Å²) < 4.78 is 5.26. The smallest absolute Gasteiger partial charge is 0.279 e. The number of benzene rings is 1. The first kappa shape index (κ1) is 14.1. The lowest BCUT2D eigenvalue weighted by Crippen LogP contribution is -2.13. The van der Waals surface area contributed by atoms with Crippen LogP contribution in [-0.4, -0.2) is 31.0 Å². The van der Waals surface area contributed by atoms with Crippen molar-refractivity contribution in [2.24, 2.45) is 0 Å². The maximum atomic E-state index is 12.4. The number of hydrogen-bond acceptors (Lipinski definition) is 6. The zero-order chi connectivity index (χ0) is 16.5. The third kappa shape index (κ3) is 2.50. The molecule has 118 valence electrons. The largest absolute Gasteiger partial charge is 0.355 e. The Hall–Kier alpha value is -3.55. The van der Waals surface area contributed by atoms with Gasteiger partial charge in [-0.15, -0.1) is 0 Å². The minimum atomic E-state index is -0.424. The van der Waals surface area contributed by atoms with Crippen molar-refractivity contribution in [1.82, 2.24) is 25.1 Å². The molecular weight excluding hydrogens is 308 g/mol. The monoisotopic (exact) mass is 320 g/mol. The summed E-state index contributed by atoms with van der Waals surface area (Å²) in [5.41, 5.74) is 3.18. The number of anilines is 1. The lowest BCUT2D eigenvalue weighted by molar-refractivity contribution is 0.101. The number of carbonyl (C=O) groups is 1. The Kier molecular flexibility index (Phi) is 3.27. The van der Waals surface area contributed by atoms with Crippen LogP contribution in [0.3, 0.4) is 0 Å². The molecule has 8 heteroatoms. The fourth-order valence-electron chi connectivity index (χ4n) is 2.27. The average molecular weight is 320 g/mol. The molecule has 0 saturated heterocycles. The fourth-order valence-corrected chi connectivity index (χ4v) is 2.27. The van der Waals surface area contributed by atoms with Crippen LogP contribution in [-0.2, 0) is 0 Å². The van der Waals surface area contributed by atoms with Crippen LogP contribution in [0.25, 0.3) is 22.5 Å². The summed E-state index contributed by atoms with van der Waals surface area (Å²) in [5, 5.41) is 6.50. The van der Waals surface area contributed by atoms with Crippen molar-refractivity contribution in [3.63, 3.8) is 0 Å². The SMILES string of the molecule is Cc1ccc(-c2cc(C(=O)Nc3ncnc4nc[nH]c34)no2)cc1. The second kappa shape index (κ2) is 5.58. The van der Waals surface area contributed by atoms with Gasteiger partial charge in [0, 0.05) is 11.6 Å². The van der Waals surface area contributed by atoms with Crippen molar-refractivity contribution in [2.75, 3.05) is 5.32 Å². The van der Waals surface area contributed by atoms with E-state index in [-0.39, 0.29) is 5.69 Å². The van der Waals surface area contributed by atoms with Crippen LogP contribution >= 0.6 is 0 Å². The molecule has 4 rings (SSSR count). The molecule has 2 N–H and O–H groups in total. The second-order valence-corrected chi connectivity index (χ2v) is 5.22. The highest BCUT2D eigenvalue weighted by molar-refractivity contribution is 6.05. The van der Waals surface area contributed by atoms with Gasteiger partial charge in [0.05, 0.1) is 6.33 Å². The van der Waals surface area contributed by atoms with E-state index < -0.39 is 5.91 Å². The first-order valence-electron chi connectivity index (χ1n) is 7.20. The summed E-state index contributed by atoms with van der Waals surface area (Å²) in [6.45, 7) is 2.00. The number of amides is 1. The van der Waals surface area contributed by atoms with Crippen molar-refractivity contribution in [3.05, 3.63) is 54.2 Å². The molecule has 0 aliphatic rings. The van der Waals surface area contributed by atoms with Crippen molar-refractivity contribution in [2.45, 2.75) is 6.92 Å². The number of imidazole rings is 1. The molecule has 0 saturated carbocycles. The van der Waals surface area contributed by atoms with E-state index in [4.69, 9.17) is 4.52 Å². The predicted octanol–water partition coefficient (Wildman–Crippen LogP) is 2.57. The highest BCUT2D eigenvalue weighted by atomic mass is 16.5. The first-order valence-corrected chi connectivity index (χ1v) is 7.20. The molecule has 8 nitrogen and oxygen atoms in total. The van der Waals surface area contributed by atoms with Gasteiger partial charge in [-0.1, -0.05) is 35.0 Å². The molecule has 0 unspecified atom stereocenters. The summed E-state index contributed by atoms with van der Waals surface area (Å²) in [6.07, 6.45) is 2.82. The lowest BCUT2D eigenvalue weighted by Gasteiger charge is -2.01. The maximum absolute atomic E-state index is 12.4. The first-order chi connectivity index (χ1) is 11.7. The molecular formula is C16H12N6O2. The van der Waals surface area contributed by atoms with Gasteiger partial charge in [-0.2, -0.15) is 0 Å². The molecule has 0 bridgehead atoms. The number of aryl methyl sites for hydroxylation is 1. The minimum Gasteiger partial charge on any atom is -0.355 e. The van der Waals surface area contributed by atoms with Gasteiger partial charge in [-0.05, 0) is 6.92 Å². The molecule has 0 fully saturated rings. The second-order valence-electron chi connectivity index (χ2n) is 5.22. The highest BCUT2D eigenvalue weighted by Crippen LogP contribution is 2.21. The zero-order valence-electron chi connectivity index (χ0n) is 12.6. The Balaban J connectivity index is 1.59. The highest BCUT2D eigenvalue weighted by Gasteiger charge is 2.16. The van der Waals surface area contributed by atoms with E-state index in [0.717, 1.165) is 11.1 Å². The van der Waals surface area contributed by atoms with Crippen LogP contribution in [0.4, 0.5) is 5.82 Å².